The predicted octanol–water partition coefficient (Wildman–Crippen LogP) is 3.51. The third-order valence-electron chi connectivity index (χ3n) is 4.39. The zero-order valence-electron chi connectivity index (χ0n) is 13.7. The lowest BCUT2D eigenvalue weighted by Gasteiger charge is -2.01. The summed E-state index contributed by atoms with van der Waals surface area (Å²) < 4.78 is 3.92. The minimum atomic E-state index is 0.626. The van der Waals surface area contributed by atoms with Gasteiger partial charge in [0.15, 0.2) is 5.82 Å². The maximum Gasteiger partial charge on any atom is 0.235 e. The van der Waals surface area contributed by atoms with Crippen LogP contribution < -0.4 is 0 Å². The number of rotatable bonds is 1. The van der Waals surface area contributed by atoms with Crippen LogP contribution in [0, 0.1) is 6.92 Å². The highest BCUT2D eigenvalue weighted by atomic mass is 32.1. The molecule has 26 heavy (non-hydrogen) atoms. The molecule has 2 aromatic carbocycles. The van der Waals surface area contributed by atoms with Crippen molar-refractivity contribution in [2.75, 3.05) is 0 Å². The summed E-state index contributed by atoms with van der Waals surface area (Å²) in [5, 5.41) is 8.72. The number of fused-ring (bicyclic) bond motifs is 6. The highest BCUT2D eigenvalue weighted by molar-refractivity contribution is 7.21. The van der Waals surface area contributed by atoms with Crippen molar-refractivity contribution in [3.05, 3.63) is 54.1 Å². The molecular weight excluding hydrogens is 346 g/mol. The highest BCUT2D eigenvalue weighted by Crippen LogP contribution is 2.27. The summed E-state index contributed by atoms with van der Waals surface area (Å²) in [6.45, 7) is 2.06. The molecule has 0 saturated heterocycles. The standard InChI is InChI=1S/C18H11N7S/c1-10-5-4-6-11(9-10)15-22-23-18-24(15)25-16-14(21-17(25)26-18)19-12-7-2-3-8-13(12)20-16/h2-9H,1H3. The zero-order valence-corrected chi connectivity index (χ0v) is 14.5. The smallest absolute Gasteiger partial charge is 0.223 e. The van der Waals surface area contributed by atoms with Crippen LogP contribution in [0.4, 0.5) is 0 Å². The lowest BCUT2D eigenvalue weighted by atomic mass is 10.1. The molecule has 0 aliphatic heterocycles. The summed E-state index contributed by atoms with van der Waals surface area (Å²) in [4.78, 5) is 15.7. The first-order chi connectivity index (χ1) is 12.8. The maximum absolute atomic E-state index is 4.79. The second kappa shape index (κ2) is 4.83. The molecule has 0 spiro atoms. The molecule has 0 bridgehead atoms. The molecule has 0 radical (unpaired) electrons. The van der Waals surface area contributed by atoms with Gasteiger partial charge in [-0.25, -0.2) is 9.97 Å². The van der Waals surface area contributed by atoms with Gasteiger partial charge >= 0.3 is 0 Å². The Balaban J connectivity index is 1.77. The van der Waals surface area contributed by atoms with Gasteiger partial charge in [-0.15, -0.1) is 10.2 Å². The molecule has 0 saturated carbocycles. The van der Waals surface area contributed by atoms with Gasteiger partial charge in [-0.1, -0.05) is 47.2 Å². The van der Waals surface area contributed by atoms with Crippen molar-refractivity contribution in [2.45, 2.75) is 6.92 Å². The Labute approximate surface area is 150 Å². The highest BCUT2D eigenvalue weighted by Gasteiger charge is 2.19. The van der Waals surface area contributed by atoms with Gasteiger partial charge < -0.3 is 0 Å². The van der Waals surface area contributed by atoms with E-state index in [-0.39, 0.29) is 0 Å². The van der Waals surface area contributed by atoms with Crippen LogP contribution in [0.25, 0.3) is 43.6 Å². The number of hydrogen-bond donors (Lipinski definition) is 0. The molecule has 7 nitrogen and oxygen atoms in total. The minimum absolute atomic E-state index is 0.626. The Bertz CT molecular complexity index is 1460. The van der Waals surface area contributed by atoms with E-state index >= 15 is 0 Å². The fraction of sp³-hybridized carbons (Fsp3) is 0.0556. The molecule has 6 rings (SSSR count). The van der Waals surface area contributed by atoms with E-state index in [1.807, 2.05) is 45.4 Å². The Morgan fingerprint density at radius 3 is 2.50 bits per heavy atom. The summed E-state index contributed by atoms with van der Waals surface area (Å²) in [5.41, 5.74) is 5.19. The molecule has 0 atom stereocenters. The number of aromatic nitrogens is 7. The number of imidazole rings is 1. The molecule has 0 amide bonds. The number of para-hydroxylation sites is 2. The van der Waals surface area contributed by atoms with Gasteiger partial charge in [0, 0.05) is 5.56 Å². The number of benzene rings is 2. The van der Waals surface area contributed by atoms with Gasteiger partial charge in [0.05, 0.1) is 11.0 Å². The third-order valence-corrected chi connectivity index (χ3v) is 5.27. The first-order valence-electron chi connectivity index (χ1n) is 8.14. The van der Waals surface area contributed by atoms with Crippen LogP contribution in [0.3, 0.4) is 0 Å². The molecule has 124 valence electrons. The van der Waals surface area contributed by atoms with Gasteiger partial charge in [0.1, 0.15) is 0 Å². The quantitative estimate of drug-likeness (QED) is 0.450. The van der Waals surface area contributed by atoms with Crippen LogP contribution >= 0.6 is 11.3 Å². The summed E-state index contributed by atoms with van der Waals surface area (Å²) in [7, 11) is 0. The predicted molar refractivity (Wildman–Crippen MR) is 100 cm³/mol. The number of nitrogens with zero attached hydrogens (tertiary/aromatic N) is 7. The van der Waals surface area contributed by atoms with Gasteiger partial charge in [-0.3, -0.25) is 0 Å². The van der Waals surface area contributed by atoms with E-state index in [9.17, 15) is 0 Å². The molecule has 4 aromatic heterocycles. The van der Waals surface area contributed by atoms with Crippen molar-refractivity contribution < 1.29 is 0 Å². The van der Waals surface area contributed by atoms with Gasteiger partial charge in [-0.05, 0) is 25.1 Å². The Hall–Kier alpha value is -3.39. The van der Waals surface area contributed by atoms with E-state index in [0.29, 0.717) is 11.3 Å². The molecule has 0 N–H and O–H groups in total. The first kappa shape index (κ1) is 13.9. The Kier molecular flexibility index (Phi) is 2.57. The van der Waals surface area contributed by atoms with Crippen molar-refractivity contribution in [1.29, 1.82) is 0 Å². The van der Waals surface area contributed by atoms with E-state index in [1.165, 1.54) is 16.9 Å². The largest absolute Gasteiger partial charge is 0.235 e. The van der Waals surface area contributed by atoms with Crippen LogP contribution in [-0.2, 0) is 0 Å². The van der Waals surface area contributed by atoms with E-state index in [2.05, 4.69) is 39.2 Å². The van der Waals surface area contributed by atoms with Gasteiger partial charge in [0.2, 0.25) is 21.2 Å². The van der Waals surface area contributed by atoms with Crippen molar-refractivity contribution in [2.24, 2.45) is 0 Å². The molecule has 8 heteroatoms. The number of hydrogen-bond acceptors (Lipinski definition) is 6. The van der Waals surface area contributed by atoms with Crippen molar-refractivity contribution >= 4 is 43.6 Å². The topological polar surface area (TPSA) is 73.3 Å². The van der Waals surface area contributed by atoms with Gasteiger partial charge in [-0.2, -0.15) is 14.0 Å². The van der Waals surface area contributed by atoms with Crippen LogP contribution in [-0.4, -0.2) is 34.2 Å². The summed E-state index contributed by atoms with van der Waals surface area (Å²) in [6, 6.07) is 16.0. The first-order valence-corrected chi connectivity index (χ1v) is 8.96. The third kappa shape index (κ3) is 1.79. The van der Waals surface area contributed by atoms with Crippen LogP contribution in [0.1, 0.15) is 5.56 Å². The normalized spacial score (nSPS) is 12.0. The summed E-state index contributed by atoms with van der Waals surface area (Å²) in [6.07, 6.45) is 0. The molecule has 0 fully saturated rings. The van der Waals surface area contributed by atoms with Crippen molar-refractivity contribution in [3.63, 3.8) is 0 Å². The van der Waals surface area contributed by atoms with Crippen LogP contribution in [0.5, 0.6) is 0 Å². The lowest BCUT2D eigenvalue weighted by molar-refractivity contribution is 0.895. The average molecular weight is 357 g/mol. The van der Waals surface area contributed by atoms with E-state index < -0.39 is 0 Å². The summed E-state index contributed by atoms with van der Waals surface area (Å²) in [5.74, 6) is 0.768. The SMILES string of the molecule is Cc1cccc(-c2nnc3sc4nc5nc6ccccc6nc5n4n23)c1. The molecule has 0 unspecified atom stereocenters. The molecular formula is C18H11N7S. The van der Waals surface area contributed by atoms with Crippen molar-refractivity contribution in [3.8, 4) is 11.4 Å². The van der Waals surface area contributed by atoms with Gasteiger partial charge in [0.25, 0.3) is 0 Å². The fourth-order valence-electron chi connectivity index (χ4n) is 3.23. The lowest BCUT2D eigenvalue weighted by Crippen LogP contribution is -1.99. The van der Waals surface area contributed by atoms with E-state index in [0.717, 1.165) is 32.3 Å². The summed E-state index contributed by atoms with van der Waals surface area (Å²) >= 11 is 1.47. The second-order valence-electron chi connectivity index (χ2n) is 6.16. The molecule has 4 heterocycles. The van der Waals surface area contributed by atoms with Crippen molar-refractivity contribution in [1.82, 2.24) is 34.2 Å². The molecule has 0 aliphatic carbocycles. The van der Waals surface area contributed by atoms with E-state index in [1.54, 1.807) is 0 Å². The van der Waals surface area contributed by atoms with Crippen LogP contribution in [0.2, 0.25) is 0 Å². The monoisotopic (exact) mass is 357 g/mol. The Morgan fingerprint density at radius 2 is 1.65 bits per heavy atom. The fourth-order valence-corrected chi connectivity index (χ4v) is 4.11. The second-order valence-corrected chi connectivity index (χ2v) is 7.09. The zero-order chi connectivity index (χ0) is 17.3. The molecule has 0 aliphatic rings. The Morgan fingerprint density at radius 1 is 0.808 bits per heavy atom. The average Bonchev–Trinajstić information content (AvgIpc) is 3.29. The number of aryl methyl sites for hydroxylation is 1. The van der Waals surface area contributed by atoms with E-state index in [4.69, 9.17) is 4.98 Å². The molecule has 6 aromatic rings. The van der Waals surface area contributed by atoms with Crippen LogP contribution in [0.15, 0.2) is 48.5 Å². The maximum atomic E-state index is 4.79. The minimum Gasteiger partial charge on any atom is -0.223 e.